The van der Waals surface area contributed by atoms with Crippen LogP contribution in [0.25, 0.3) is 5.76 Å². The Morgan fingerprint density at radius 1 is 1.03 bits per heavy atom. The van der Waals surface area contributed by atoms with Crippen LogP contribution in [0.2, 0.25) is 0 Å². The van der Waals surface area contributed by atoms with E-state index < -0.39 is 23.7 Å². The number of amides is 1. The lowest BCUT2D eigenvalue weighted by Crippen LogP contribution is -2.33. The minimum absolute atomic E-state index is 0.00432. The van der Waals surface area contributed by atoms with Crippen LogP contribution in [-0.2, 0) is 14.3 Å². The number of benzene rings is 2. The molecular weight excluding hydrogens is 476 g/mol. The van der Waals surface area contributed by atoms with Gasteiger partial charge in [0, 0.05) is 12.1 Å². The topological polar surface area (TPSA) is 106 Å². The molecule has 0 spiro atoms. The molecule has 2 aliphatic rings. The van der Waals surface area contributed by atoms with Gasteiger partial charge in [-0.25, -0.2) is 4.79 Å². The Hall–Kier alpha value is -3.85. The summed E-state index contributed by atoms with van der Waals surface area (Å²) in [6.45, 7) is 7.83. The van der Waals surface area contributed by atoms with E-state index in [1.807, 2.05) is 0 Å². The molecule has 37 heavy (non-hydrogen) atoms. The van der Waals surface area contributed by atoms with Crippen LogP contribution >= 0.6 is 0 Å². The van der Waals surface area contributed by atoms with Crippen LogP contribution in [0.5, 0.6) is 11.5 Å². The molecule has 0 aromatic heterocycles. The van der Waals surface area contributed by atoms with E-state index in [-0.39, 0.29) is 11.3 Å². The van der Waals surface area contributed by atoms with Gasteiger partial charge >= 0.3 is 5.97 Å². The number of rotatable bonds is 9. The van der Waals surface area contributed by atoms with Crippen molar-refractivity contribution < 1.29 is 33.7 Å². The summed E-state index contributed by atoms with van der Waals surface area (Å²) in [6.07, 6.45) is 0.662. The zero-order chi connectivity index (χ0) is 26.5. The summed E-state index contributed by atoms with van der Waals surface area (Å²) in [4.78, 5) is 42.2. The van der Waals surface area contributed by atoms with Crippen LogP contribution in [-0.4, -0.2) is 79.1 Å². The van der Waals surface area contributed by atoms with Crippen molar-refractivity contribution in [3.8, 4) is 11.5 Å². The number of carbonyl (C=O) groups excluding carboxylic acids is 3. The summed E-state index contributed by atoms with van der Waals surface area (Å²) >= 11 is 0. The van der Waals surface area contributed by atoms with E-state index in [0.717, 1.165) is 19.6 Å². The fraction of sp³-hybridized carbons (Fsp3) is 0.393. The molecule has 0 radical (unpaired) electrons. The van der Waals surface area contributed by atoms with Crippen LogP contribution in [0.1, 0.15) is 47.8 Å². The second kappa shape index (κ2) is 11.5. The van der Waals surface area contributed by atoms with Crippen molar-refractivity contribution in [2.24, 2.45) is 0 Å². The number of Topliss-reactive ketones (excluding diaryl/α,β-unsaturated/α-hetero) is 1. The van der Waals surface area contributed by atoms with Crippen molar-refractivity contribution in [2.75, 3.05) is 46.5 Å². The molecule has 1 saturated heterocycles. The number of aliphatic hydroxyl groups is 1. The minimum atomic E-state index is -0.809. The van der Waals surface area contributed by atoms with Crippen LogP contribution in [0.15, 0.2) is 48.0 Å². The maximum absolute atomic E-state index is 13.3. The van der Waals surface area contributed by atoms with Crippen LogP contribution in [0.3, 0.4) is 0 Å². The van der Waals surface area contributed by atoms with Crippen molar-refractivity contribution >= 4 is 23.4 Å². The first-order valence-corrected chi connectivity index (χ1v) is 12.5. The lowest BCUT2D eigenvalue weighted by Gasteiger charge is -2.27. The largest absolute Gasteiger partial charge is 0.507 e. The van der Waals surface area contributed by atoms with Gasteiger partial charge < -0.3 is 29.1 Å². The van der Waals surface area contributed by atoms with Crippen LogP contribution < -0.4 is 9.47 Å². The number of fused-ring (bicyclic) bond motifs is 1. The summed E-state index contributed by atoms with van der Waals surface area (Å²) in [7, 11) is 1.30. The second-order valence-corrected chi connectivity index (χ2v) is 8.84. The van der Waals surface area contributed by atoms with Gasteiger partial charge in [-0.3, -0.25) is 9.59 Å². The molecule has 0 unspecified atom stereocenters. The number of ether oxygens (including phenoxy) is 3. The van der Waals surface area contributed by atoms with Crippen molar-refractivity contribution in [1.82, 2.24) is 9.80 Å². The van der Waals surface area contributed by atoms with E-state index in [0.29, 0.717) is 54.4 Å². The Labute approximate surface area is 216 Å². The highest BCUT2D eigenvalue weighted by Gasteiger charge is 2.46. The lowest BCUT2D eigenvalue weighted by molar-refractivity contribution is -0.140. The second-order valence-electron chi connectivity index (χ2n) is 8.84. The molecule has 196 valence electrons. The van der Waals surface area contributed by atoms with Crippen molar-refractivity contribution in [2.45, 2.75) is 26.3 Å². The molecular formula is C28H32N2O7. The van der Waals surface area contributed by atoms with Gasteiger partial charge in [-0.05, 0) is 62.0 Å². The molecule has 0 bridgehead atoms. The van der Waals surface area contributed by atoms with E-state index >= 15 is 0 Å². The first-order chi connectivity index (χ1) is 17.9. The molecule has 2 aliphatic heterocycles. The molecule has 4 rings (SSSR count). The zero-order valence-electron chi connectivity index (χ0n) is 21.4. The monoisotopic (exact) mass is 508 g/mol. The number of methoxy groups -OCH3 is 1. The lowest BCUT2D eigenvalue weighted by atomic mass is 9.94. The number of nitrogens with zero attached hydrogens (tertiary/aromatic N) is 2. The Bertz CT molecular complexity index is 1200. The Morgan fingerprint density at radius 2 is 1.68 bits per heavy atom. The maximum atomic E-state index is 13.3. The number of likely N-dealkylation sites (tertiary alicyclic amines) is 1. The quantitative estimate of drug-likeness (QED) is 0.238. The average molecular weight is 509 g/mol. The number of aliphatic hydroxyl groups excluding tert-OH is 1. The normalized spacial score (nSPS) is 18.4. The molecule has 1 fully saturated rings. The number of hydrogen-bond donors (Lipinski definition) is 1. The first-order valence-electron chi connectivity index (χ1n) is 12.5. The molecule has 2 aromatic rings. The van der Waals surface area contributed by atoms with E-state index in [4.69, 9.17) is 14.2 Å². The number of carbonyl (C=O) groups is 3. The third-order valence-electron chi connectivity index (χ3n) is 6.77. The fourth-order valence-corrected chi connectivity index (χ4v) is 4.73. The van der Waals surface area contributed by atoms with E-state index in [2.05, 4.69) is 18.7 Å². The fourth-order valence-electron chi connectivity index (χ4n) is 4.73. The van der Waals surface area contributed by atoms with Gasteiger partial charge in [0.05, 0.1) is 24.3 Å². The molecule has 1 atom stereocenters. The van der Waals surface area contributed by atoms with Gasteiger partial charge in [0.1, 0.15) is 19.0 Å². The number of hydrogen-bond acceptors (Lipinski definition) is 8. The first kappa shape index (κ1) is 26.2. The highest BCUT2D eigenvalue weighted by molar-refractivity contribution is 6.46. The number of esters is 1. The van der Waals surface area contributed by atoms with Gasteiger partial charge in [0.2, 0.25) is 0 Å². The van der Waals surface area contributed by atoms with Gasteiger partial charge in [0.25, 0.3) is 11.7 Å². The molecule has 0 saturated carbocycles. The minimum Gasteiger partial charge on any atom is -0.507 e. The highest BCUT2D eigenvalue weighted by atomic mass is 16.6. The van der Waals surface area contributed by atoms with Gasteiger partial charge in [0.15, 0.2) is 11.5 Å². The van der Waals surface area contributed by atoms with E-state index in [1.54, 1.807) is 42.5 Å². The maximum Gasteiger partial charge on any atom is 0.337 e. The third kappa shape index (κ3) is 5.32. The standard InChI is InChI=1S/C28H32N2O7/c1-4-29(5-2)13-6-14-30-24(18-7-9-19(10-8-18)28(34)35-3)23(26(32)27(30)33)25(31)20-11-12-21-22(17-20)37-16-15-36-21/h7-12,17,24,31H,4-6,13-16H2,1-3H3/t24-/m1/s1. The molecule has 1 amide bonds. The van der Waals surface area contributed by atoms with Crippen LogP contribution in [0, 0.1) is 0 Å². The van der Waals surface area contributed by atoms with Gasteiger partial charge in [-0.15, -0.1) is 0 Å². The van der Waals surface area contributed by atoms with Crippen molar-refractivity contribution in [3.63, 3.8) is 0 Å². The van der Waals surface area contributed by atoms with Gasteiger partial charge in [-0.2, -0.15) is 0 Å². The number of ketones is 1. The predicted octanol–water partition coefficient (Wildman–Crippen LogP) is 3.40. The molecule has 0 aliphatic carbocycles. The van der Waals surface area contributed by atoms with E-state index in [1.165, 1.54) is 12.0 Å². The predicted molar refractivity (Wildman–Crippen MR) is 137 cm³/mol. The Kier molecular flexibility index (Phi) is 8.13. The van der Waals surface area contributed by atoms with Gasteiger partial charge in [-0.1, -0.05) is 26.0 Å². The highest BCUT2D eigenvalue weighted by Crippen LogP contribution is 2.41. The summed E-state index contributed by atoms with van der Waals surface area (Å²) in [6, 6.07) is 10.6. The van der Waals surface area contributed by atoms with Crippen molar-refractivity contribution in [1.29, 1.82) is 0 Å². The SMILES string of the molecule is CCN(CC)CCCN1C(=O)C(=O)C(=C(O)c2ccc3c(c2)OCCO3)[C@H]1c1ccc(C(=O)OC)cc1. The van der Waals surface area contributed by atoms with Crippen molar-refractivity contribution in [3.05, 3.63) is 64.7 Å². The summed E-state index contributed by atoms with van der Waals surface area (Å²) in [5.41, 5.74) is 1.29. The molecule has 2 aromatic carbocycles. The third-order valence-corrected chi connectivity index (χ3v) is 6.77. The summed E-state index contributed by atoms with van der Waals surface area (Å²) in [5, 5.41) is 11.3. The smallest absolute Gasteiger partial charge is 0.337 e. The molecule has 9 nitrogen and oxygen atoms in total. The zero-order valence-corrected chi connectivity index (χ0v) is 21.4. The average Bonchev–Trinajstić information content (AvgIpc) is 3.19. The summed E-state index contributed by atoms with van der Waals surface area (Å²) in [5.74, 6) is -1.19. The Morgan fingerprint density at radius 3 is 2.32 bits per heavy atom. The molecule has 9 heteroatoms. The molecule has 2 heterocycles. The Balaban J connectivity index is 1.74. The summed E-state index contributed by atoms with van der Waals surface area (Å²) < 4.78 is 16.0. The van der Waals surface area contributed by atoms with Crippen LogP contribution in [0.4, 0.5) is 0 Å². The van der Waals surface area contributed by atoms with E-state index in [9.17, 15) is 19.5 Å². The molecule has 1 N–H and O–H groups in total.